The monoisotopic (exact) mass is 509 g/mol. The van der Waals surface area contributed by atoms with Crippen LogP contribution in [0.3, 0.4) is 0 Å². The van der Waals surface area contributed by atoms with E-state index in [0.717, 1.165) is 64.2 Å². The molecule has 1 atom stereocenters. The number of amides is 1. The molecule has 7 heteroatoms. The fourth-order valence-electron chi connectivity index (χ4n) is 3.98. The summed E-state index contributed by atoms with van der Waals surface area (Å²) in [4.78, 5) is 21.8. The van der Waals surface area contributed by atoms with Gasteiger partial charge in [-0.05, 0) is 59.2 Å². The lowest BCUT2D eigenvalue weighted by molar-refractivity contribution is -0.138. The lowest BCUT2D eigenvalue weighted by Gasteiger charge is -2.29. The molecule has 166 valence electrons. The lowest BCUT2D eigenvalue weighted by atomic mass is 9.85. The van der Waals surface area contributed by atoms with Crippen LogP contribution in [0.4, 0.5) is 0 Å². The number of carbonyl (C=O) groups excluding carboxylic acids is 1. The van der Waals surface area contributed by atoms with Crippen molar-refractivity contribution >= 4 is 35.8 Å². The van der Waals surface area contributed by atoms with Gasteiger partial charge in [0.2, 0.25) is 5.91 Å². The molecule has 1 saturated carbocycles. The van der Waals surface area contributed by atoms with Gasteiger partial charge in [0.15, 0.2) is 5.96 Å². The third kappa shape index (κ3) is 8.84. The fraction of sp³-hybridized carbons (Fsp3) is 0.905. The zero-order valence-corrected chi connectivity index (χ0v) is 21.3. The second-order valence-electron chi connectivity index (χ2n) is 8.10. The quantitative estimate of drug-likeness (QED) is 0.255. The summed E-state index contributed by atoms with van der Waals surface area (Å²) >= 11 is 0. The minimum atomic E-state index is -0.308. The van der Waals surface area contributed by atoms with E-state index in [9.17, 15) is 4.79 Å². The molecule has 1 amide bonds. The maximum atomic E-state index is 12.7. The first-order chi connectivity index (χ1) is 12.9. The molecule has 1 unspecified atom stereocenters. The molecule has 0 bridgehead atoms. The van der Waals surface area contributed by atoms with E-state index < -0.39 is 0 Å². The highest BCUT2D eigenvalue weighted by Crippen LogP contribution is 2.39. The van der Waals surface area contributed by atoms with E-state index in [4.69, 9.17) is 4.99 Å². The third-order valence-electron chi connectivity index (χ3n) is 5.69. The lowest BCUT2D eigenvalue weighted by Crippen LogP contribution is -2.45. The standard InChI is InChI=1S/C21H43N5O.HI/c1-7-22-20(24-18(4)13-12-16-26(8-2)9-3)23-17-21(14-10-11-15-21)19(27)25(5)6;/h18H,7-17H2,1-6H3,(H2,22,23,24);1H. The number of guanidine groups is 1. The van der Waals surface area contributed by atoms with Gasteiger partial charge in [-0.25, -0.2) is 0 Å². The zero-order chi connectivity index (χ0) is 20.3. The van der Waals surface area contributed by atoms with E-state index in [2.05, 4.69) is 43.2 Å². The predicted molar refractivity (Wildman–Crippen MR) is 131 cm³/mol. The van der Waals surface area contributed by atoms with Crippen molar-refractivity contribution in [3.63, 3.8) is 0 Å². The van der Waals surface area contributed by atoms with E-state index in [1.54, 1.807) is 4.90 Å². The van der Waals surface area contributed by atoms with Gasteiger partial charge in [-0.2, -0.15) is 0 Å². The van der Waals surface area contributed by atoms with Gasteiger partial charge in [-0.15, -0.1) is 24.0 Å². The largest absolute Gasteiger partial charge is 0.357 e. The molecule has 0 saturated heterocycles. The number of nitrogens with zero attached hydrogens (tertiary/aromatic N) is 3. The molecular weight excluding hydrogens is 465 g/mol. The summed E-state index contributed by atoms with van der Waals surface area (Å²) in [6.45, 7) is 13.5. The third-order valence-corrected chi connectivity index (χ3v) is 5.69. The van der Waals surface area contributed by atoms with Crippen molar-refractivity contribution in [3.05, 3.63) is 0 Å². The molecule has 1 aliphatic carbocycles. The van der Waals surface area contributed by atoms with E-state index in [1.165, 1.54) is 6.42 Å². The number of halogens is 1. The molecular formula is C21H44IN5O. The second kappa shape index (κ2) is 14.4. The summed E-state index contributed by atoms with van der Waals surface area (Å²) in [6.07, 6.45) is 6.45. The van der Waals surface area contributed by atoms with Crippen LogP contribution in [0.2, 0.25) is 0 Å². The zero-order valence-electron chi connectivity index (χ0n) is 19.0. The van der Waals surface area contributed by atoms with Crippen LogP contribution in [0.25, 0.3) is 0 Å². The maximum absolute atomic E-state index is 12.7. The van der Waals surface area contributed by atoms with Gasteiger partial charge in [0.05, 0.1) is 12.0 Å². The van der Waals surface area contributed by atoms with Crippen LogP contribution < -0.4 is 10.6 Å². The minimum Gasteiger partial charge on any atom is -0.357 e. The molecule has 0 aliphatic heterocycles. The molecule has 1 aliphatic rings. The normalized spacial score (nSPS) is 17.2. The summed E-state index contributed by atoms with van der Waals surface area (Å²) < 4.78 is 0. The van der Waals surface area contributed by atoms with Crippen molar-refractivity contribution in [2.24, 2.45) is 10.4 Å². The minimum absolute atomic E-state index is 0. The van der Waals surface area contributed by atoms with Crippen LogP contribution in [-0.4, -0.2) is 74.5 Å². The molecule has 0 radical (unpaired) electrons. The molecule has 1 rings (SSSR count). The van der Waals surface area contributed by atoms with Crippen LogP contribution in [-0.2, 0) is 4.79 Å². The Balaban J connectivity index is 0.00000729. The van der Waals surface area contributed by atoms with Gasteiger partial charge in [0.1, 0.15) is 0 Å². The number of hydrogen-bond donors (Lipinski definition) is 2. The molecule has 0 spiro atoms. The molecule has 6 nitrogen and oxygen atoms in total. The highest BCUT2D eigenvalue weighted by molar-refractivity contribution is 14.0. The molecule has 2 N–H and O–H groups in total. The van der Waals surface area contributed by atoms with Crippen molar-refractivity contribution < 1.29 is 4.79 Å². The highest BCUT2D eigenvalue weighted by atomic mass is 127. The van der Waals surface area contributed by atoms with Gasteiger partial charge in [-0.1, -0.05) is 26.7 Å². The van der Waals surface area contributed by atoms with Crippen molar-refractivity contribution in [1.82, 2.24) is 20.4 Å². The molecule has 0 aromatic rings. The van der Waals surface area contributed by atoms with E-state index in [1.807, 2.05) is 14.1 Å². The molecule has 28 heavy (non-hydrogen) atoms. The average Bonchev–Trinajstić information content (AvgIpc) is 3.13. The van der Waals surface area contributed by atoms with Crippen LogP contribution in [0.1, 0.15) is 66.2 Å². The van der Waals surface area contributed by atoms with Crippen LogP contribution in [0, 0.1) is 5.41 Å². The summed E-state index contributed by atoms with van der Waals surface area (Å²) in [5.41, 5.74) is -0.308. The van der Waals surface area contributed by atoms with Crippen LogP contribution >= 0.6 is 24.0 Å². The first-order valence-electron chi connectivity index (χ1n) is 10.9. The first-order valence-corrected chi connectivity index (χ1v) is 10.9. The Kier molecular flexibility index (Phi) is 14.1. The predicted octanol–water partition coefficient (Wildman–Crippen LogP) is 3.32. The number of rotatable bonds is 11. The van der Waals surface area contributed by atoms with E-state index in [-0.39, 0.29) is 35.3 Å². The average molecular weight is 510 g/mol. The van der Waals surface area contributed by atoms with Gasteiger partial charge in [-0.3, -0.25) is 9.79 Å². The Labute approximate surface area is 190 Å². The molecule has 0 heterocycles. The number of nitrogens with one attached hydrogen (secondary N) is 2. The van der Waals surface area contributed by atoms with Crippen molar-refractivity contribution in [2.75, 3.05) is 46.8 Å². The fourth-order valence-corrected chi connectivity index (χ4v) is 3.98. The van der Waals surface area contributed by atoms with Gasteiger partial charge in [0, 0.05) is 26.7 Å². The van der Waals surface area contributed by atoms with Crippen molar-refractivity contribution in [2.45, 2.75) is 72.3 Å². The number of carbonyl (C=O) groups is 1. The summed E-state index contributed by atoms with van der Waals surface area (Å²) in [5.74, 6) is 1.07. The van der Waals surface area contributed by atoms with E-state index in [0.29, 0.717) is 12.6 Å². The smallest absolute Gasteiger partial charge is 0.230 e. The van der Waals surface area contributed by atoms with Crippen LogP contribution in [0.15, 0.2) is 4.99 Å². The topological polar surface area (TPSA) is 60.0 Å². The Morgan fingerprint density at radius 1 is 1.14 bits per heavy atom. The second-order valence-corrected chi connectivity index (χ2v) is 8.10. The molecule has 0 aromatic heterocycles. The number of aliphatic imine (C=N–C) groups is 1. The molecule has 1 fully saturated rings. The van der Waals surface area contributed by atoms with Gasteiger partial charge in [0.25, 0.3) is 0 Å². The summed E-state index contributed by atoms with van der Waals surface area (Å²) in [7, 11) is 3.71. The Morgan fingerprint density at radius 3 is 2.25 bits per heavy atom. The summed E-state index contributed by atoms with van der Waals surface area (Å²) in [6, 6.07) is 0.363. The van der Waals surface area contributed by atoms with Crippen LogP contribution in [0.5, 0.6) is 0 Å². The number of hydrogen-bond acceptors (Lipinski definition) is 3. The highest BCUT2D eigenvalue weighted by Gasteiger charge is 2.42. The van der Waals surface area contributed by atoms with Gasteiger partial charge >= 0.3 is 0 Å². The first kappa shape index (κ1) is 27.4. The van der Waals surface area contributed by atoms with E-state index >= 15 is 0 Å². The SMILES string of the molecule is CCNC(=NCC1(C(=O)N(C)C)CCCC1)NC(C)CCCN(CC)CC.I. The Hall–Kier alpha value is -0.570. The Morgan fingerprint density at radius 2 is 1.75 bits per heavy atom. The van der Waals surface area contributed by atoms with Crippen molar-refractivity contribution in [3.8, 4) is 0 Å². The van der Waals surface area contributed by atoms with Gasteiger partial charge < -0.3 is 20.4 Å². The van der Waals surface area contributed by atoms with Crippen molar-refractivity contribution in [1.29, 1.82) is 0 Å². The maximum Gasteiger partial charge on any atom is 0.230 e. The Bertz CT molecular complexity index is 460. The summed E-state index contributed by atoms with van der Waals surface area (Å²) in [5, 5.41) is 6.88. The molecule has 0 aromatic carbocycles.